The van der Waals surface area contributed by atoms with Crippen molar-refractivity contribution in [1.82, 2.24) is 4.90 Å². The maximum Gasteiger partial charge on any atom is 0.229 e. The summed E-state index contributed by atoms with van der Waals surface area (Å²) in [7, 11) is 0. The largest absolute Gasteiger partial charge is 0.548 e. The van der Waals surface area contributed by atoms with E-state index in [1.165, 1.54) is 0 Å². The summed E-state index contributed by atoms with van der Waals surface area (Å²) in [5.41, 5.74) is 5.49. The number of nitrogens with zero attached hydrogens (tertiary/aromatic N) is 1. The van der Waals surface area contributed by atoms with Gasteiger partial charge in [0.2, 0.25) is 11.8 Å². The molecular weight excluding hydrogens is 356 g/mol. The third kappa shape index (κ3) is 12.1. The summed E-state index contributed by atoms with van der Waals surface area (Å²) in [6, 6.07) is -1.18. The summed E-state index contributed by atoms with van der Waals surface area (Å²) < 4.78 is 0. The van der Waals surface area contributed by atoms with Crippen LogP contribution in [0.15, 0.2) is 0 Å². The van der Waals surface area contributed by atoms with Crippen LogP contribution in [0.5, 0.6) is 0 Å². The predicted molar refractivity (Wildman–Crippen MR) is 110 cm³/mol. The van der Waals surface area contributed by atoms with Gasteiger partial charge in [0.15, 0.2) is 0 Å². The number of carboxylic acid groups (broad SMARTS) is 1. The number of hydrogen-bond acceptors (Lipinski definition) is 5. The fourth-order valence-corrected chi connectivity index (χ4v) is 3.32. The highest BCUT2D eigenvalue weighted by atomic mass is 16.4. The van der Waals surface area contributed by atoms with Crippen molar-refractivity contribution in [1.29, 1.82) is 0 Å². The van der Waals surface area contributed by atoms with Gasteiger partial charge < -0.3 is 15.6 Å². The van der Waals surface area contributed by atoms with Gasteiger partial charge in [-0.2, -0.15) is 0 Å². The fraction of sp³-hybridized carbons (Fsp3) is 0.864. The molecule has 2 N–H and O–H groups in total. The minimum atomic E-state index is -1.35. The number of amides is 2. The molecule has 0 fully saturated rings. The van der Waals surface area contributed by atoms with Gasteiger partial charge in [-0.15, -0.1) is 0 Å². The van der Waals surface area contributed by atoms with E-state index in [9.17, 15) is 19.5 Å². The first kappa shape index (κ1) is 26.6. The Bertz CT molecular complexity index is 414. The highest BCUT2D eigenvalue weighted by molar-refractivity contribution is 5.98. The number of carbonyl (C=O) groups excluding carboxylic acids is 3. The first-order valence-electron chi connectivity index (χ1n) is 11.2. The van der Waals surface area contributed by atoms with Gasteiger partial charge >= 0.3 is 0 Å². The maximum atomic E-state index is 12.7. The van der Waals surface area contributed by atoms with Crippen LogP contribution in [-0.2, 0) is 14.4 Å². The van der Waals surface area contributed by atoms with Crippen molar-refractivity contribution < 1.29 is 19.5 Å². The third-order valence-electron chi connectivity index (χ3n) is 5.04. The SMILES string of the molecule is CCCCCCCC(=O)N(C(=O)CCCCCCC)C(CCCCN)C(=O)[O-]. The van der Waals surface area contributed by atoms with E-state index < -0.39 is 12.0 Å². The molecule has 0 spiro atoms. The van der Waals surface area contributed by atoms with Crippen LogP contribution in [0.4, 0.5) is 0 Å². The number of carboxylic acids is 1. The average Bonchev–Trinajstić information content (AvgIpc) is 2.66. The van der Waals surface area contributed by atoms with E-state index in [4.69, 9.17) is 5.73 Å². The molecule has 0 radical (unpaired) electrons. The molecule has 1 atom stereocenters. The molecule has 0 rings (SSSR count). The lowest BCUT2D eigenvalue weighted by Gasteiger charge is -2.31. The zero-order chi connectivity index (χ0) is 21.2. The van der Waals surface area contributed by atoms with Crippen LogP contribution in [0.3, 0.4) is 0 Å². The van der Waals surface area contributed by atoms with Crippen molar-refractivity contribution >= 4 is 17.8 Å². The Kier molecular flexibility index (Phi) is 16.8. The van der Waals surface area contributed by atoms with Crippen molar-refractivity contribution in [2.75, 3.05) is 6.54 Å². The number of nitrogens with two attached hydrogens (primary N) is 1. The molecule has 0 saturated carbocycles. The van der Waals surface area contributed by atoms with Crippen LogP contribution in [0.25, 0.3) is 0 Å². The molecule has 28 heavy (non-hydrogen) atoms. The van der Waals surface area contributed by atoms with Crippen molar-refractivity contribution in [3.8, 4) is 0 Å². The van der Waals surface area contributed by atoms with E-state index in [1.807, 2.05) is 0 Å². The Labute approximate surface area is 171 Å². The van der Waals surface area contributed by atoms with Gasteiger partial charge in [0, 0.05) is 12.8 Å². The molecule has 0 aromatic heterocycles. The smallest absolute Gasteiger partial charge is 0.229 e. The van der Waals surface area contributed by atoms with Crippen LogP contribution in [-0.4, -0.2) is 35.3 Å². The lowest BCUT2D eigenvalue weighted by molar-refractivity contribution is -0.311. The van der Waals surface area contributed by atoms with Gasteiger partial charge in [0.05, 0.1) is 12.0 Å². The maximum absolute atomic E-state index is 12.7. The normalized spacial score (nSPS) is 12.0. The number of carbonyl (C=O) groups is 3. The summed E-state index contributed by atoms with van der Waals surface area (Å²) in [6.45, 7) is 4.70. The Morgan fingerprint density at radius 2 is 1.21 bits per heavy atom. The predicted octanol–water partition coefficient (Wildman–Crippen LogP) is 3.31. The number of imide groups is 1. The molecule has 2 amide bonds. The second kappa shape index (κ2) is 17.7. The number of rotatable bonds is 18. The van der Waals surface area contributed by atoms with Gasteiger partial charge in [-0.25, -0.2) is 0 Å². The second-order valence-electron chi connectivity index (χ2n) is 7.61. The zero-order valence-corrected chi connectivity index (χ0v) is 18.0. The summed E-state index contributed by atoms with van der Waals surface area (Å²) in [6.07, 6.45) is 11.6. The van der Waals surface area contributed by atoms with Crippen molar-refractivity contribution in [3.63, 3.8) is 0 Å². The summed E-state index contributed by atoms with van der Waals surface area (Å²) in [5, 5.41) is 11.7. The standard InChI is InChI=1S/C22H42N2O4/c1-3-5-7-9-11-16-20(25)24(19(22(27)28)15-13-14-18-23)21(26)17-12-10-8-6-4-2/h19H,3-18,23H2,1-2H3,(H,27,28)/p-1. The van der Waals surface area contributed by atoms with Crippen LogP contribution >= 0.6 is 0 Å². The molecule has 0 aromatic carbocycles. The van der Waals surface area contributed by atoms with Gasteiger partial charge in [-0.1, -0.05) is 65.2 Å². The van der Waals surface area contributed by atoms with E-state index in [2.05, 4.69) is 13.8 Å². The van der Waals surface area contributed by atoms with Crippen molar-refractivity contribution in [3.05, 3.63) is 0 Å². The second-order valence-corrected chi connectivity index (χ2v) is 7.61. The molecule has 0 bridgehead atoms. The van der Waals surface area contributed by atoms with E-state index in [1.54, 1.807) is 0 Å². The van der Waals surface area contributed by atoms with E-state index in [0.29, 0.717) is 32.2 Å². The van der Waals surface area contributed by atoms with Gasteiger partial charge in [0.25, 0.3) is 0 Å². The van der Waals surface area contributed by atoms with Crippen molar-refractivity contribution in [2.45, 2.75) is 116 Å². The molecule has 0 aromatic rings. The Morgan fingerprint density at radius 1 is 0.750 bits per heavy atom. The van der Waals surface area contributed by atoms with Crippen LogP contribution in [0.1, 0.15) is 110 Å². The fourth-order valence-electron chi connectivity index (χ4n) is 3.32. The minimum Gasteiger partial charge on any atom is -0.548 e. The third-order valence-corrected chi connectivity index (χ3v) is 5.04. The van der Waals surface area contributed by atoms with Gasteiger partial charge in [0.1, 0.15) is 0 Å². The number of unbranched alkanes of at least 4 members (excludes halogenated alkanes) is 9. The molecule has 0 saturated heterocycles. The lowest BCUT2D eigenvalue weighted by Crippen LogP contribution is -2.53. The van der Waals surface area contributed by atoms with E-state index in [0.717, 1.165) is 56.3 Å². The lowest BCUT2D eigenvalue weighted by atomic mass is 10.0. The monoisotopic (exact) mass is 397 g/mol. The molecular formula is C22H41N2O4-. The van der Waals surface area contributed by atoms with E-state index in [-0.39, 0.29) is 31.1 Å². The molecule has 6 nitrogen and oxygen atoms in total. The molecule has 0 aliphatic heterocycles. The first-order valence-corrected chi connectivity index (χ1v) is 11.2. The Morgan fingerprint density at radius 3 is 1.61 bits per heavy atom. The average molecular weight is 398 g/mol. The molecule has 0 heterocycles. The highest BCUT2D eigenvalue weighted by Crippen LogP contribution is 2.16. The van der Waals surface area contributed by atoms with Crippen molar-refractivity contribution in [2.24, 2.45) is 5.73 Å². The summed E-state index contributed by atoms with van der Waals surface area (Å²) >= 11 is 0. The summed E-state index contributed by atoms with van der Waals surface area (Å²) in [5.74, 6) is -2.11. The van der Waals surface area contributed by atoms with Gasteiger partial charge in [-0.3, -0.25) is 14.5 Å². The molecule has 0 aliphatic rings. The minimum absolute atomic E-state index is 0.211. The zero-order valence-electron chi connectivity index (χ0n) is 18.0. The molecule has 6 heteroatoms. The first-order chi connectivity index (χ1) is 13.5. The van der Waals surface area contributed by atoms with E-state index >= 15 is 0 Å². The number of hydrogen-bond donors (Lipinski definition) is 1. The number of aliphatic carboxylic acids is 1. The van der Waals surface area contributed by atoms with Crippen LogP contribution in [0.2, 0.25) is 0 Å². The quantitative estimate of drug-likeness (QED) is 0.357. The molecule has 164 valence electrons. The highest BCUT2D eigenvalue weighted by Gasteiger charge is 2.29. The Balaban J connectivity index is 4.92. The van der Waals surface area contributed by atoms with Crippen LogP contribution < -0.4 is 10.8 Å². The topological polar surface area (TPSA) is 104 Å². The summed E-state index contributed by atoms with van der Waals surface area (Å²) in [4.78, 5) is 38.1. The van der Waals surface area contributed by atoms with Gasteiger partial charge in [-0.05, 0) is 38.6 Å². The Hall–Kier alpha value is -1.43. The molecule has 1 unspecified atom stereocenters. The molecule has 0 aliphatic carbocycles. The van der Waals surface area contributed by atoms with Crippen LogP contribution in [0, 0.1) is 0 Å².